The van der Waals surface area contributed by atoms with E-state index in [2.05, 4.69) is 12.0 Å². The van der Waals surface area contributed by atoms with E-state index >= 15 is 0 Å². The van der Waals surface area contributed by atoms with Crippen molar-refractivity contribution in [3.63, 3.8) is 0 Å². The van der Waals surface area contributed by atoms with Gasteiger partial charge in [0.25, 0.3) is 0 Å². The van der Waals surface area contributed by atoms with Crippen molar-refractivity contribution >= 4 is 17.6 Å². The average Bonchev–Trinajstić information content (AvgIpc) is 2.71. The number of carboxylic acids is 1. The van der Waals surface area contributed by atoms with Crippen LogP contribution in [0.5, 0.6) is 0 Å². The fourth-order valence-electron chi connectivity index (χ4n) is 2.05. The number of aryl methyl sites for hydroxylation is 2. The highest BCUT2D eigenvalue weighted by molar-refractivity contribution is 6.33. The highest BCUT2D eigenvalue weighted by Crippen LogP contribution is 2.28. The standard InChI is InChI=1S/C14H15ClN2O2/c1-3-4-13-11(8-17(2)16-13)9-5-6-12(15)10(7-9)14(18)19/h5-8H,3-4H2,1-2H3,(H,18,19). The number of carboxylic acid groups (broad SMARTS) is 1. The molecule has 1 heterocycles. The molecular formula is C14H15ClN2O2. The van der Waals surface area contributed by atoms with Crippen molar-refractivity contribution in [1.29, 1.82) is 0 Å². The first kappa shape index (κ1) is 13.6. The van der Waals surface area contributed by atoms with Gasteiger partial charge in [-0.05, 0) is 24.1 Å². The maximum Gasteiger partial charge on any atom is 0.337 e. The molecule has 0 saturated heterocycles. The Morgan fingerprint density at radius 1 is 1.47 bits per heavy atom. The number of carbonyl (C=O) groups is 1. The SMILES string of the molecule is CCCc1nn(C)cc1-c1ccc(Cl)c(C(=O)O)c1. The Morgan fingerprint density at radius 2 is 2.21 bits per heavy atom. The Bertz CT molecular complexity index is 620. The largest absolute Gasteiger partial charge is 0.478 e. The van der Waals surface area contributed by atoms with Gasteiger partial charge in [0.1, 0.15) is 0 Å². The molecule has 2 aromatic rings. The minimum absolute atomic E-state index is 0.116. The van der Waals surface area contributed by atoms with Crippen LogP contribution >= 0.6 is 11.6 Å². The predicted molar refractivity (Wildman–Crippen MR) is 74.6 cm³/mol. The number of benzene rings is 1. The maximum atomic E-state index is 11.1. The Hall–Kier alpha value is -1.81. The van der Waals surface area contributed by atoms with Gasteiger partial charge < -0.3 is 5.11 Å². The summed E-state index contributed by atoms with van der Waals surface area (Å²) in [5.41, 5.74) is 2.89. The smallest absolute Gasteiger partial charge is 0.337 e. The van der Waals surface area contributed by atoms with Gasteiger partial charge in [0, 0.05) is 18.8 Å². The van der Waals surface area contributed by atoms with Crippen LogP contribution in [-0.2, 0) is 13.5 Å². The van der Waals surface area contributed by atoms with Crippen molar-refractivity contribution in [1.82, 2.24) is 9.78 Å². The van der Waals surface area contributed by atoms with Crippen LogP contribution in [0.4, 0.5) is 0 Å². The van der Waals surface area contributed by atoms with Gasteiger partial charge in [-0.2, -0.15) is 5.10 Å². The molecule has 0 aliphatic heterocycles. The first-order valence-electron chi connectivity index (χ1n) is 6.08. The van der Waals surface area contributed by atoms with E-state index in [-0.39, 0.29) is 10.6 Å². The summed E-state index contributed by atoms with van der Waals surface area (Å²) >= 11 is 5.88. The number of rotatable bonds is 4. The summed E-state index contributed by atoms with van der Waals surface area (Å²) in [5, 5.41) is 13.8. The molecule has 4 nitrogen and oxygen atoms in total. The molecule has 0 saturated carbocycles. The number of aromatic carboxylic acids is 1. The third-order valence-electron chi connectivity index (χ3n) is 2.90. The van der Waals surface area contributed by atoms with Gasteiger partial charge in [-0.3, -0.25) is 4.68 Å². The molecule has 0 aliphatic rings. The lowest BCUT2D eigenvalue weighted by atomic mass is 10.0. The molecule has 0 unspecified atom stereocenters. The van der Waals surface area contributed by atoms with Crippen molar-refractivity contribution in [2.75, 3.05) is 0 Å². The molecule has 1 aromatic heterocycles. The van der Waals surface area contributed by atoms with Crippen LogP contribution in [0.15, 0.2) is 24.4 Å². The highest BCUT2D eigenvalue weighted by Gasteiger charge is 2.14. The summed E-state index contributed by atoms with van der Waals surface area (Å²) in [6, 6.07) is 5.04. The first-order valence-corrected chi connectivity index (χ1v) is 6.46. The van der Waals surface area contributed by atoms with E-state index in [1.807, 2.05) is 19.3 Å². The van der Waals surface area contributed by atoms with Gasteiger partial charge in [-0.15, -0.1) is 0 Å². The van der Waals surface area contributed by atoms with Gasteiger partial charge in [0.05, 0.1) is 16.3 Å². The average molecular weight is 279 g/mol. The molecule has 0 fully saturated rings. The summed E-state index contributed by atoms with van der Waals surface area (Å²) in [5.74, 6) is -1.02. The van der Waals surface area contributed by atoms with Crippen LogP contribution in [0, 0.1) is 0 Å². The zero-order chi connectivity index (χ0) is 14.0. The zero-order valence-corrected chi connectivity index (χ0v) is 11.6. The molecule has 5 heteroatoms. The monoisotopic (exact) mass is 278 g/mol. The van der Waals surface area contributed by atoms with Gasteiger partial charge in [-0.25, -0.2) is 4.79 Å². The first-order chi connectivity index (χ1) is 9.02. The third kappa shape index (κ3) is 2.79. The Morgan fingerprint density at radius 3 is 2.84 bits per heavy atom. The Kier molecular flexibility index (Phi) is 3.90. The van der Waals surface area contributed by atoms with E-state index in [1.165, 1.54) is 0 Å². The normalized spacial score (nSPS) is 10.7. The van der Waals surface area contributed by atoms with Crippen molar-refractivity contribution < 1.29 is 9.90 Å². The second kappa shape index (κ2) is 5.45. The highest BCUT2D eigenvalue weighted by atomic mass is 35.5. The number of nitrogens with zero attached hydrogens (tertiary/aromatic N) is 2. The summed E-state index contributed by atoms with van der Waals surface area (Å²) in [6.45, 7) is 2.09. The minimum Gasteiger partial charge on any atom is -0.478 e. The summed E-state index contributed by atoms with van der Waals surface area (Å²) in [4.78, 5) is 11.1. The Balaban J connectivity index is 2.52. The Labute approximate surface area is 116 Å². The fraction of sp³-hybridized carbons (Fsp3) is 0.286. The number of halogens is 1. The maximum absolute atomic E-state index is 11.1. The van der Waals surface area contributed by atoms with E-state index in [0.29, 0.717) is 0 Å². The lowest BCUT2D eigenvalue weighted by Crippen LogP contribution is -1.98. The van der Waals surface area contributed by atoms with Gasteiger partial charge in [0.2, 0.25) is 0 Å². The molecule has 0 spiro atoms. The molecular weight excluding hydrogens is 264 g/mol. The van der Waals surface area contributed by atoms with Gasteiger partial charge >= 0.3 is 5.97 Å². The van der Waals surface area contributed by atoms with E-state index in [4.69, 9.17) is 16.7 Å². The molecule has 0 atom stereocenters. The molecule has 0 aliphatic carbocycles. The van der Waals surface area contributed by atoms with Crippen molar-refractivity contribution in [2.24, 2.45) is 7.05 Å². The lowest BCUT2D eigenvalue weighted by Gasteiger charge is -2.04. The number of hydrogen-bond acceptors (Lipinski definition) is 2. The molecule has 1 N–H and O–H groups in total. The molecule has 1 aromatic carbocycles. The lowest BCUT2D eigenvalue weighted by molar-refractivity contribution is 0.0697. The molecule has 2 rings (SSSR count). The van der Waals surface area contributed by atoms with Crippen molar-refractivity contribution in [3.05, 3.63) is 40.7 Å². The molecule has 0 radical (unpaired) electrons. The van der Waals surface area contributed by atoms with E-state index in [9.17, 15) is 4.79 Å². The summed E-state index contributed by atoms with van der Waals surface area (Å²) in [6.07, 6.45) is 3.75. The van der Waals surface area contributed by atoms with Crippen LogP contribution in [0.2, 0.25) is 5.02 Å². The van der Waals surface area contributed by atoms with E-state index < -0.39 is 5.97 Å². The van der Waals surface area contributed by atoms with Gasteiger partial charge in [-0.1, -0.05) is 31.0 Å². The quantitative estimate of drug-likeness (QED) is 0.933. The minimum atomic E-state index is -1.02. The van der Waals surface area contributed by atoms with Crippen LogP contribution < -0.4 is 0 Å². The topological polar surface area (TPSA) is 55.1 Å². The van der Waals surface area contributed by atoms with Crippen LogP contribution in [0.1, 0.15) is 29.4 Å². The number of aromatic nitrogens is 2. The molecule has 19 heavy (non-hydrogen) atoms. The van der Waals surface area contributed by atoms with E-state index in [0.717, 1.165) is 29.7 Å². The van der Waals surface area contributed by atoms with Crippen LogP contribution in [0.3, 0.4) is 0 Å². The van der Waals surface area contributed by atoms with Crippen molar-refractivity contribution in [2.45, 2.75) is 19.8 Å². The second-order valence-corrected chi connectivity index (χ2v) is 4.82. The summed E-state index contributed by atoms with van der Waals surface area (Å²) in [7, 11) is 1.86. The zero-order valence-electron chi connectivity index (χ0n) is 10.9. The van der Waals surface area contributed by atoms with Crippen LogP contribution in [-0.4, -0.2) is 20.9 Å². The van der Waals surface area contributed by atoms with Crippen molar-refractivity contribution in [3.8, 4) is 11.1 Å². The third-order valence-corrected chi connectivity index (χ3v) is 3.23. The molecule has 0 amide bonds. The van der Waals surface area contributed by atoms with E-state index in [1.54, 1.807) is 16.8 Å². The van der Waals surface area contributed by atoms with Gasteiger partial charge in [0.15, 0.2) is 0 Å². The second-order valence-electron chi connectivity index (χ2n) is 4.41. The predicted octanol–water partition coefficient (Wildman–Crippen LogP) is 3.39. The molecule has 0 bridgehead atoms. The van der Waals surface area contributed by atoms with Crippen LogP contribution in [0.25, 0.3) is 11.1 Å². The molecule has 100 valence electrons. The summed E-state index contributed by atoms with van der Waals surface area (Å²) < 4.78 is 1.75. The number of hydrogen-bond donors (Lipinski definition) is 1. The fourth-order valence-corrected chi connectivity index (χ4v) is 2.25.